The van der Waals surface area contributed by atoms with E-state index in [4.69, 9.17) is 0 Å². The van der Waals surface area contributed by atoms with Crippen LogP contribution >= 0.6 is 0 Å². The Balaban J connectivity index is 1.46. The molecule has 150 valence electrons. The van der Waals surface area contributed by atoms with Crippen molar-refractivity contribution in [1.82, 2.24) is 0 Å². The Hall–Kier alpha value is -1.37. The first-order valence-electron chi connectivity index (χ1n) is 11.6. The lowest BCUT2D eigenvalue weighted by Gasteiger charge is -2.51. The molecule has 0 heterocycles. The van der Waals surface area contributed by atoms with E-state index in [1.54, 1.807) is 5.57 Å². The minimum absolute atomic E-state index is 0.0321. The van der Waals surface area contributed by atoms with Gasteiger partial charge in [-0.3, -0.25) is 4.79 Å². The highest BCUT2D eigenvalue weighted by Crippen LogP contribution is 2.63. The molecular formula is C26H34O2. The van der Waals surface area contributed by atoms with E-state index >= 15 is 0 Å². The molecule has 0 unspecified atom stereocenters. The normalized spacial score (nSPS) is 40.3. The first-order valence-corrected chi connectivity index (χ1v) is 11.6. The molecule has 3 fully saturated rings. The van der Waals surface area contributed by atoms with E-state index in [2.05, 4.69) is 18.7 Å². The van der Waals surface area contributed by atoms with Crippen LogP contribution in [-0.2, 0) is 4.79 Å². The van der Waals surface area contributed by atoms with E-state index in [0.717, 1.165) is 38.5 Å². The molecule has 4 atom stereocenters. The van der Waals surface area contributed by atoms with Gasteiger partial charge in [-0.1, -0.05) is 18.9 Å². The second-order valence-corrected chi connectivity index (χ2v) is 10.2. The van der Waals surface area contributed by atoms with Gasteiger partial charge in [-0.05, 0) is 111 Å². The summed E-state index contributed by atoms with van der Waals surface area (Å²) in [6.07, 6.45) is 18.3. The first kappa shape index (κ1) is 18.6. The van der Waals surface area contributed by atoms with E-state index in [1.165, 1.54) is 55.2 Å². The third-order valence-corrected chi connectivity index (χ3v) is 8.92. The van der Waals surface area contributed by atoms with Crippen molar-refractivity contribution in [2.75, 3.05) is 0 Å². The van der Waals surface area contributed by atoms with E-state index in [1.807, 2.05) is 6.08 Å². The van der Waals surface area contributed by atoms with Gasteiger partial charge in [0.05, 0.1) is 5.60 Å². The smallest absolute Gasteiger partial charge is 0.156 e. The van der Waals surface area contributed by atoms with Crippen molar-refractivity contribution in [2.45, 2.75) is 96.0 Å². The third kappa shape index (κ3) is 2.84. The van der Waals surface area contributed by atoms with Crippen molar-refractivity contribution in [3.8, 4) is 0 Å². The summed E-state index contributed by atoms with van der Waals surface area (Å²) < 4.78 is 0. The van der Waals surface area contributed by atoms with Crippen LogP contribution in [0.15, 0.2) is 40.2 Å². The summed E-state index contributed by atoms with van der Waals surface area (Å²) >= 11 is 0. The lowest BCUT2D eigenvalue weighted by atomic mass is 9.55. The number of allylic oxidation sites excluding steroid dienone is 4. The molecule has 28 heavy (non-hydrogen) atoms. The van der Waals surface area contributed by atoms with Gasteiger partial charge in [0, 0.05) is 11.8 Å². The molecule has 0 aromatic heterocycles. The Morgan fingerprint density at radius 3 is 2.68 bits per heavy atom. The van der Waals surface area contributed by atoms with Crippen molar-refractivity contribution in [3.05, 3.63) is 40.2 Å². The number of carbonyl (C=O) groups excluding carboxylic acids is 1. The molecule has 2 heteroatoms. The number of fused-ring (bicyclic) bond motifs is 4. The predicted molar refractivity (Wildman–Crippen MR) is 112 cm³/mol. The summed E-state index contributed by atoms with van der Waals surface area (Å²) in [6, 6.07) is 0. The maximum absolute atomic E-state index is 11.9. The molecule has 3 saturated carbocycles. The summed E-state index contributed by atoms with van der Waals surface area (Å²) in [5.74, 6) is 1.50. The topological polar surface area (TPSA) is 37.3 Å². The third-order valence-electron chi connectivity index (χ3n) is 8.92. The molecule has 5 aliphatic carbocycles. The average molecular weight is 379 g/mol. The molecule has 0 bridgehead atoms. The van der Waals surface area contributed by atoms with Crippen molar-refractivity contribution < 1.29 is 9.90 Å². The number of rotatable bonds is 1. The summed E-state index contributed by atoms with van der Waals surface area (Å²) in [6.45, 7) is 2.35. The van der Waals surface area contributed by atoms with Gasteiger partial charge in [0.1, 0.15) is 0 Å². The van der Waals surface area contributed by atoms with Gasteiger partial charge >= 0.3 is 0 Å². The lowest BCUT2D eigenvalue weighted by Crippen LogP contribution is -2.48. The van der Waals surface area contributed by atoms with Crippen LogP contribution < -0.4 is 0 Å². The van der Waals surface area contributed by atoms with Crippen LogP contribution in [0, 0.1) is 17.3 Å². The Kier molecular flexibility index (Phi) is 4.56. The molecule has 0 spiro atoms. The molecule has 0 saturated heterocycles. The van der Waals surface area contributed by atoms with E-state index in [-0.39, 0.29) is 5.41 Å². The quantitative estimate of drug-likeness (QED) is 0.571. The molecule has 0 radical (unpaired) electrons. The van der Waals surface area contributed by atoms with Gasteiger partial charge in [0.15, 0.2) is 5.78 Å². The van der Waals surface area contributed by atoms with Crippen LogP contribution in [0.2, 0.25) is 0 Å². The van der Waals surface area contributed by atoms with Crippen LogP contribution in [0.3, 0.4) is 0 Å². The molecule has 0 aromatic rings. The lowest BCUT2D eigenvalue weighted by molar-refractivity contribution is -0.114. The van der Waals surface area contributed by atoms with Crippen molar-refractivity contribution in [3.63, 3.8) is 0 Å². The van der Waals surface area contributed by atoms with Gasteiger partial charge in [0.25, 0.3) is 0 Å². The van der Waals surface area contributed by atoms with Crippen LogP contribution in [0.25, 0.3) is 0 Å². The predicted octanol–water partition coefficient (Wildman–Crippen LogP) is 5.97. The molecule has 2 nitrogen and oxygen atoms in total. The monoisotopic (exact) mass is 378 g/mol. The number of carbonyl (C=O) groups is 1. The van der Waals surface area contributed by atoms with E-state index in [0.29, 0.717) is 24.0 Å². The Morgan fingerprint density at radius 1 is 1.04 bits per heavy atom. The molecule has 0 amide bonds. The SMILES string of the molecule is C[C@]12CCC3=C4CCC(=O)C=C4CC[C@H]3[C@@H]1CC[C@@]2(O)C=C=C1CCCCC1. The van der Waals surface area contributed by atoms with Crippen LogP contribution in [0.5, 0.6) is 0 Å². The van der Waals surface area contributed by atoms with Gasteiger partial charge in [0.2, 0.25) is 0 Å². The largest absolute Gasteiger partial charge is 0.385 e. The molecule has 1 N–H and O–H groups in total. The van der Waals surface area contributed by atoms with Crippen LogP contribution in [0.1, 0.15) is 90.4 Å². The number of aliphatic hydroxyl groups is 1. The van der Waals surface area contributed by atoms with Gasteiger partial charge < -0.3 is 5.11 Å². The fraction of sp³-hybridized carbons (Fsp3) is 0.692. The Bertz CT molecular complexity index is 813. The standard InChI is InChI=1S/C26H34O2/c1-25-14-12-22-21-10-8-20(27)17-19(21)7-9-23(22)24(25)13-16-26(25,28)15-11-18-5-3-2-4-6-18/h15,17,23-24,28H,2-10,12-14,16H2,1H3/t23-,24+,25+,26+/m1/s1. The minimum Gasteiger partial charge on any atom is -0.385 e. The van der Waals surface area contributed by atoms with E-state index < -0.39 is 5.60 Å². The fourth-order valence-electron chi connectivity index (χ4n) is 7.17. The Labute approximate surface area is 169 Å². The zero-order valence-corrected chi connectivity index (χ0v) is 17.4. The zero-order chi connectivity index (χ0) is 19.4. The van der Waals surface area contributed by atoms with Crippen molar-refractivity contribution in [2.24, 2.45) is 17.3 Å². The molecule has 5 aliphatic rings. The second-order valence-electron chi connectivity index (χ2n) is 10.2. The highest BCUT2D eigenvalue weighted by molar-refractivity contribution is 5.93. The molecule has 0 aromatic carbocycles. The average Bonchev–Trinajstić information content (AvgIpc) is 2.98. The van der Waals surface area contributed by atoms with Gasteiger partial charge in [-0.25, -0.2) is 0 Å². The molecular weight excluding hydrogens is 344 g/mol. The molecule has 5 rings (SSSR count). The maximum atomic E-state index is 11.9. The highest BCUT2D eigenvalue weighted by atomic mass is 16.3. The fourth-order valence-corrected chi connectivity index (χ4v) is 7.17. The first-order chi connectivity index (χ1) is 13.5. The zero-order valence-electron chi connectivity index (χ0n) is 17.4. The maximum Gasteiger partial charge on any atom is 0.156 e. The van der Waals surface area contributed by atoms with Crippen LogP contribution in [-0.4, -0.2) is 16.5 Å². The van der Waals surface area contributed by atoms with Crippen molar-refractivity contribution in [1.29, 1.82) is 0 Å². The van der Waals surface area contributed by atoms with Crippen molar-refractivity contribution >= 4 is 5.78 Å². The summed E-state index contributed by atoms with van der Waals surface area (Å²) in [5.41, 5.74) is 8.76. The van der Waals surface area contributed by atoms with Gasteiger partial charge in [-0.15, -0.1) is 5.73 Å². The summed E-state index contributed by atoms with van der Waals surface area (Å²) in [7, 11) is 0. The minimum atomic E-state index is -0.697. The number of ketones is 1. The van der Waals surface area contributed by atoms with E-state index in [9.17, 15) is 9.90 Å². The summed E-state index contributed by atoms with van der Waals surface area (Å²) in [4.78, 5) is 11.9. The highest BCUT2D eigenvalue weighted by Gasteiger charge is 2.59. The summed E-state index contributed by atoms with van der Waals surface area (Å²) in [5, 5.41) is 11.7. The Morgan fingerprint density at radius 2 is 1.86 bits per heavy atom. The number of hydrogen-bond donors (Lipinski definition) is 1. The van der Waals surface area contributed by atoms with Crippen LogP contribution in [0.4, 0.5) is 0 Å². The van der Waals surface area contributed by atoms with Gasteiger partial charge in [-0.2, -0.15) is 0 Å². The molecule has 0 aliphatic heterocycles. The second kappa shape index (κ2) is 6.85. The number of hydrogen-bond acceptors (Lipinski definition) is 2.